The van der Waals surface area contributed by atoms with Crippen molar-refractivity contribution in [1.29, 1.82) is 0 Å². The van der Waals surface area contributed by atoms with E-state index in [2.05, 4.69) is 10.1 Å². The Morgan fingerprint density at radius 3 is 2.42 bits per heavy atom. The van der Waals surface area contributed by atoms with Crippen molar-refractivity contribution >= 4 is 34.5 Å². The lowest BCUT2D eigenvalue weighted by Gasteiger charge is -2.10. The van der Waals surface area contributed by atoms with Gasteiger partial charge in [0.25, 0.3) is 0 Å². The van der Waals surface area contributed by atoms with Gasteiger partial charge in [0.05, 0.1) is 16.1 Å². The Labute approximate surface area is 188 Å². The molecule has 0 aliphatic heterocycles. The molecule has 0 radical (unpaired) electrons. The molecule has 4 rings (SSSR count). The number of aromatic nitrogens is 3. The monoisotopic (exact) mass is 485 g/mol. The molecule has 0 bridgehead atoms. The van der Waals surface area contributed by atoms with Gasteiger partial charge in [0.2, 0.25) is 0 Å². The molecule has 10 heteroatoms. The van der Waals surface area contributed by atoms with Crippen molar-refractivity contribution in [1.82, 2.24) is 14.8 Å². The Morgan fingerprint density at radius 1 is 1.03 bits per heavy atom. The lowest BCUT2D eigenvalue weighted by molar-refractivity contribution is -0.137. The minimum Gasteiger partial charge on any atom is -0.248 e. The molecule has 0 saturated carbocycles. The van der Waals surface area contributed by atoms with E-state index in [1.54, 1.807) is 13.1 Å². The molecule has 0 spiro atoms. The second-order valence-corrected chi connectivity index (χ2v) is 8.47. The van der Waals surface area contributed by atoms with Crippen LogP contribution in [0.3, 0.4) is 0 Å². The van der Waals surface area contributed by atoms with Crippen LogP contribution >= 0.6 is 34.5 Å². The van der Waals surface area contributed by atoms with E-state index in [1.165, 1.54) is 34.2 Å². The number of aryl methyl sites for hydroxylation is 1. The van der Waals surface area contributed by atoms with Gasteiger partial charge in [-0.25, -0.2) is 14.1 Å². The predicted octanol–water partition coefficient (Wildman–Crippen LogP) is 7.65. The molecule has 160 valence electrons. The first-order chi connectivity index (χ1) is 14.6. The van der Waals surface area contributed by atoms with Crippen molar-refractivity contribution < 1.29 is 17.6 Å². The molecule has 0 unspecified atom stereocenters. The Kier molecular flexibility index (Phi) is 5.57. The summed E-state index contributed by atoms with van der Waals surface area (Å²) < 4.78 is 54.6. The second-order valence-electron chi connectivity index (χ2n) is 6.78. The van der Waals surface area contributed by atoms with Crippen molar-refractivity contribution in [2.45, 2.75) is 13.1 Å². The smallest absolute Gasteiger partial charge is 0.248 e. The van der Waals surface area contributed by atoms with Gasteiger partial charge in [-0.05, 0) is 36.8 Å². The van der Waals surface area contributed by atoms with E-state index >= 15 is 0 Å². The van der Waals surface area contributed by atoms with E-state index in [1.807, 2.05) is 12.3 Å². The van der Waals surface area contributed by atoms with Gasteiger partial charge in [0.15, 0.2) is 11.6 Å². The molecule has 0 fully saturated rings. The van der Waals surface area contributed by atoms with E-state index in [0.29, 0.717) is 21.8 Å². The fourth-order valence-electron chi connectivity index (χ4n) is 3.21. The maximum absolute atomic E-state index is 14.3. The van der Waals surface area contributed by atoms with Gasteiger partial charge in [-0.2, -0.15) is 18.3 Å². The minimum absolute atomic E-state index is 0.00289. The summed E-state index contributed by atoms with van der Waals surface area (Å²) in [5.74, 6) is 0.0709. The molecule has 2 aromatic carbocycles. The molecule has 0 aliphatic rings. The van der Waals surface area contributed by atoms with Gasteiger partial charge >= 0.3 is 6.18 Å². The highest BCUT2D eigenvalue weighted by Gasteiger charge is 2.31. The van der Waals surface area contributed by atoms with Crippen LogP contribution in [0.4, 0.5) is 17.6 Å². The Balaban J connectivity index is 1.77. The number of benzene rings is 2. The molecule has 2 heterocycles. The molecule has 2 aromatic heterocycles. The zero-order chi connectivity index (χ0) is 22.5. The van der Waals surface area contributed by atoms with Crippen LogP contribution in [-0.4, -0.2) is 14.8 Å². The molecule has 4 aromatic rings. The number of thiophene rings is 1. The third-order valence-corrected chi connectivity index (χ3v) is 6.51. The Morgan fingerprint density at radius 2 is 1.77 bits per heavy atom. The normalized spacial score (nSPS) is 11.9. The summed E-state index contributed by atoms with van der Waals surface area (Å²) in [5, 5.41) is 6.30. The van der Waals surface area contributed by atoms with Gasteiger partial charge in [-0.3, -0.25) is 0 Å². The molecule has 3 nitrogen and oxygen atoms in total. The van der Waals surface area contributed by atoms with E-state index in [9.17, 15) is 17.6 Å². The summed E-state index contributed by atoms with van der Waals surface area (Å²) in [6.07, 6.45) is -4.47. The van der Waals surface area contributed by atoms with Crippen LogP contribution in [0.1, 0.15) is 11.1 Å². The zero-order valence-corrected chi connectivity index (χ0v) is 18.4. The van der Waals surface area contributed by atoms with Crippen LogP contribution < -0.4 is 0 Å². The third-order valence-electron chi connectivity index (χ3n) is 4.77. The molecule has 0 atom stereocenters. The lowest BCUT2D eigenvalue weighted by Crippen LogP contribution is -2.04. The van der Waals surface area contributed by atoms with Crippen molar-refractivity contribution in [3.63, 3.8) is 0 Å². The highest BCUT2D eigenvalue weighted by atomic mass is 35.5. The van der Waals surface area contributed by atoms with E-state index in [-0.39, 0.29) is 21.4 Å². The van der Waals surface area contributed by atoms with Crippen LogP contribution in [0.2, 0.25) is 10.0 Å². The first-order valence-electron chi connectivity index (χ1n) is 8.89. The fraction of sp³-hybridized carbons (Fsp3) is 0.143. The van der Waals surface area contributed by atoms with Crippen molar-refractivity contribution in [3.05, 3.63) is 68.8 Å². The quantitative estimate of drug-likeness (QED) is 0.279. The maximum atomic E-state index is 14.3. The number of hydrogen-bond donors (Lipinski definition) is 0. The summed E-state index contributed by atoms with van der Waals surface area (Å²) in [7, 11) is 1.67. The largest absolute Gasteiger partial charge is 0.416 e. The summed E-state index contributed by atoms with van der Waals surface area (Å²) >= 11 is 13.6. The van der Waals surface area contributed by atoms with Gasteiger partial charge in [-0.1, -0.05) is 35.3 Å². The van der Waals surface area contributed by atoms with Crippen LogP contribution in [0.5, 0.6) is 0 Å². The average Bonchev–Trinajstić information content (AvgIpc) is 3.23. The van der Waals surface area contributed by atoms with E-state index < -0.39 is 17.6 Å². The van der Waals surface area contributed by atoms with Crippen LogP contribution in [0.25, 0.3) is 33.2 Å². The van der Waals surface area contributed by atoms with Crippen LogP contribution in [0, 0.1) is 12.7 Å². The topological polar surface area (TPSA) is 30.7 Å². The maximum Gasteiger partial charge on any atom is 0.416 e. The number of rotatable bonds is 3. The first-order valence-corrected chi connectivity index (χ1v) is 10.5. The van der Waals surface area contributed by atoms with Gasteiger partial charge in [0.1, 0.15) is 5.82 Å². The van der Waals surface area contributed by atoms with Gasteiger partial charge in [-0.15, -0.1) is 11.3 Å². The summed E-state index contributed by atoms with van der Waals surface area (Å²) in [5.41, 5.74) is 1.27. The highest BCUT2D eigenvalue weighted by molar-refractivity contribution is 7.14. The molecule has 31 heavy (non-hydrogen) atoms. The zero-order valence-electron chi connectivity index (χ0n) is 16.1. The number of nitrogens with zero attached hydrogens (tertiary/aromatic N) is 3. The second kappa shape index (κ2) is 7.93. The summed E-state index contributed by atoms with van der Waals surface area (Å²) in [6.45, 7) is 1.82. The highest BCUT2D eigenvalue weighted by Crippen LogP contribution is 2.42. The van der Waals surface area contributed by atoms with Crippen molar-refractivity contribution in [2.75, 3.05) is 0 Å². The average molecular weight is 486 g/mol. The fourth-order valence-corrected chi connectivity index (χ4v) is 4.90. The summed E-state index contributed by atoms with van der Waals surface area (Å²) in [6, 6.07) is 7.59. The number of halogens is 6. The lowest BCUT2D eigenvalue weighted by atomic mass is 10.0. The van der Waals surface area contributed by atoms with E-state index in [0.717, 1.165) is 17.7 Å². The summed E-state index contributed by atoms with van der Waals surface area (Å²) in [4.78, 5) is 5.17. The van der Waals surface area contributed by atoms with Gasteiger partial charge in [0, 0.05) is 33.5 Å². The van der Waals surface area contributed by atoms with Gasteiger partial charge < -0.3 is 0 Å². The molecule has 0 aliphatic carbocycles. The Bertz CT molecular complexity index is 1270. The van der Waals surface area contributed by atoms with E-state index in [4.69, 9.17) is 23.2 Å². The first kappa shape index (κ1) is 21.8. The predicted molar refractivity (Wildman–Crippen MR) is 115 cm³/mol. The third kappa shape index (κ3) is 3.95. The number of hydrogen-bond acceptors (Lipinski definition) is 3. The standard InChI is InChI=1S/C21H13Cl2F4N3S/c1-10-13(9-31-18(10)12-7-6-11(8-15(12)23)21(25,26)27)20-28-19(29-30(20)2)17-14(22)4-3-5-16(17)24/h3-9H,1-2H3. The molecular weight excluding hydrogens is 473 g/mol. The van der Waals surface area contributed by atoms with Crippen LogP contribution in [0.15, 0.2) is 41.8 Å². The molecule has 0 saturated heterocycles. The SMILES string of the molecule is Cc1c(-c2nc(-c3c(F)cccc3Cl)nn2C)csc1-c1ccc(C(F)(F)F)cc1Cl. The minimum atomic E-state index is -4.47. The molecule has 0 amide bonds. The van der Waals surface area contributed by atoms with Crippen LogP contribution in [-0.2, 0) is 13.2 Å². The van der Waals surface area contributed by atoms with Crippen molar-refractivity contribution in [3.8, 4) is 33.2 Å². The number of alkyl halides is 3. The molecule has 0 N–H and O–H groups in total. The molecular formula is C21H13Cl2F4N3S. The van der Waals surface area contributed by atoms with Crippen molar-refractivity contribution in [2.24, 2.45) is 7.05 Å². The Hall–Kier alpha value is -2.42.